The molecule has 1 N–H and O–H groups in total. The van der Waals surface area contributed by atoms with Crippen LogP contribution >= 0.6 is 0 Å². The van der Waals surface area contributed by atoms with Gasteiger partial charge in [0, 0.05) is 32.8 Å². The summed E-state index contributed by atoms with van der Waals surface area (Å²) in [4.78, 5) is 30.8. The molecular formula is C22H25N3O2. The average molecular weight is 363 g/mol. The van der Waals surface area contributed by atoms with Crippen LogP contribution in [0.15, 0.2) is 48.7 Å². The SMILES string of the molecule is CNC(=O)CC1CC2(CCN(C(=O)c3ccccn3)CC2)c2ccccc21. The van der Waals surface area contributed by atoms with E-state index in [0.717, 1.165) is 32.4 Å². The van der Waals surface area contributed by atoms with Crippen LogP contribution in [0, 0.1) is 0 Å². The van der Waals surface area contributed by atoms with Crippen LogP contribution in [-0.4, -0.2) is 41.8 Å². The van der Waals surface area contributed by atoms with Crippen LogP contribution in [0.25, 0.3) is 0 Å². The van der Waals surface area contributed by atoms with E-state index < -0.39 is 0 Å². The molecule has 5 nitrogen and oxygen atoms in total. The van der Waals surface area contributed by atoms with Gasteiger partial charge in [0.25, 0.3) is 5.91 Å². The Morgan fingerprint density at radius 1 is 1.15 bits per heavy atom. The van der Waals surface area contributed by atoms with Crippen molar-refractivity contribution in [2.45, 2.75) is 37.0 Å². The Morgan fingerprint density at radius 3 is 2.59 bits per heavy atom. The van der Waals surface area contributed by atoms with E-state index in [-0.39, 0.29) is 23.1 Å². The van der Waals surface area contributed by atoms with Crippen LogP contribution in [0.1, 0.15) is 53.2 Å². The number of hydrogen-bond acceptors (Lipinski definition) is 3. The number of hydrogen-bond donors (Lipinski definition) is 1. The Hall–Kier alpha value is -2.69. The van der Waals surface area contributed by atoms with Gasteiger partial charge in [-0.2, -0.15) is 0 Å². The third-order valence-corrected chi connectivity index (χ3v) is 6.21. The molecule has 1 aliphatic carbocycles. The van der Waals surface area contributed by atoms with Gasteiger partial charge in [-0.3, -0.25) is 14.6 Å². The molecule has 4 rings (SSSR count). The van der Waals surface area contributed by atoms with Crippen molar-refractivity contribution in [2.75, 3.05) is 20.1 Å². The number of piperidine rings is 1. The number of nitrogens with zero attached hydrogens (tertiary/aromatic N) is 2. The van der Waals surface area contributed by atoms with Gasteiger partial charge < -0.3 is 10.2 Å². The molecular weight excluding hydrogens is 338 g/mol. The van der Waals surface area contributed by atoms with Gasteiger partial charge in [0.05, 0.1) is 0 Å². The molecule has 2 aromatic rings. The highest BCUT2D eigenvalue weighted by atomic mass is 16.2. The lowest BCUT2D eigenvalue weighted by molar-refractivity contribution is -0.121. The highest BCUT2D eigenvalue weighted by molar-refractivity contribution is 5.92. The minimum atomic E-state index is 0.0126. The highest BCUT2D eigenvalue weighted by Crippen LogP contribution is 2.52. The smallest absolute Gasteiger partial charge is 0.272 e. The monoisotopic (exact) mass is 363 g/mol. The first-order valence-corrected chi connectivity index (χ1v) is 9.63. The zero-order valence-electron chi connectivity index (χ0n) is 15.6. The minimum absolute atomic E-state index is 0.0126. The fourth-order valence-electron chi connectivity index (χ4n) is 4.80. The molecule has 1 fully saturated rings. The number of likely N-dealkylation sites (tertiary alicyclic amines) is 1. The van der Waals surface area contributed by atoms with Crippen LogP contribution in [0.3, 0.4) is 0 Å². The third kappa shape index (κ3) is 3.22. The van der Waals surface area contributed by atoms with E-state index in [1.54, 1.807) is 19.3 Å². The number of pyridine rings is 1. The molecule has 1 aromatic carbocycles. The Bertz CT molecular complexity index is 842. The Balaban J connectivity index is 1.52. The molecule has 1 aromatic heterocycles. The van der Waals surface area contributed by atoms with Gasteiger partial charge in [-0.05, 0) is 53.9 Å². The number of carbonyl (C=O) groups is 2. The van der Waals surface area contributed by atoms with E-state index in [9.17, 15) is 9.59 Å². The molecule has 5 heteroatoms. The number of nitrogens with one attached hydrogen (secondary N) is 1. The molecule has 1 atom stereocenters. The van der Waals surface area contributed by atoms with Gasteiger partial charge in [-0.1, -0.05) is 30.3 Å². The van der Waals surface area contributed by atoms with Crippen molar-refractivity contribution >= 4 is 11.8 Å². The van der Waals surface area contributed by atoms with E-state index in [1.165, 1.54) is 11.1 Å². The Labute approximate surface area is 159 Å². The van der Waals surface area contributed by atoms with E-state index in [2.05, 4.69) is 34.6 Å². The highest BCUT2D eigenvalue weighted by Gasteiger charge is 2.46. The summed E-state index contributed by atoms with van der Waals surface area (Å²) >= 11 is 0. The molecule has 1 spiro atoms. The summed E-state index contributed by atoms with van der Waals surface area (Å²) < 4.78 is 0. The van der Waals surface area contributed by atoms with Crippen molar-refractivity contribution in [1.29, 1.82) is 0 Å². The molecule has 1 unspecified atom stereocenters. The van der Waals surface area contributed by atoms with E-state index in [0.29, 0.717) is 12.1 Å². The van der Waals surface area contributed by atoms with Crippen molar-refractivity contribution in [3.8, 4) is 0 Å². The maximum atomic E-state index is 12.7. The van der Waals surface area contributed by atoms with Crippen molar-refractivity contribution in [2.24, 2.45) is 0 Å². The van der Waals surface area contributed by atoms with Crippen LogP contribution in [0.2, 0.25) is 0 Å². The van der Waals surface area contributed by atoms with E-state index >= 15 is 0 Å². The first-order chi connectivity index (χ1) is 13.1. The van der Waals surface area contributed by atoms with Gasteiger partial charge in [0.15, 0.2) is 0 Å². The molecule has 140 valence electrons. The molecule has 2 aliphatic rings. The van der Waals surface area contributed by atoms with Crippen LogP contribution in [-0.2, 0) is 10.2 Å². The zero-order chi connectivity index (χ0) is 18.9. The number of rotatable bonds is 3. The van der Waals surface area contributed by atoms with Gasteiger partial charge in [-0.25, -0.2) is 0 Å². The van der Waals surface area contributed by atoms with Gasteiger partial charge >= 0.3 is 0 Å². The second-order valence-corrected chi connectivity index (χ2v) is 7.65. The molecule has 2 heterocycles. The lowest BCUT2D eigenvalue weighted by Crippen LogP contribution is -2.44. The number of benzene rings is 1. The first kappa shape index (κ1) is 17.7. The summed E-state index contributed by atoms with van der Waals surface area (Å²) in [5, 5.41) is 2.76. The summed E-state index contributed by atoms with van der Waals surface area (Å²) in [7, 11) is 1.70. The van der Waals surface area contributed by atoms with Gasteiger partial charge in [0.1, 0.15) is 5.69 Å². The van der Waals surface area contributed by atoms with Crippen molar-refractivity contribution in [3.05, 3.63) is 65.5 Å². The van der Waals surface area contributed by atoms with Crippen LogP contribution in [0.5, 0.6) is 0 Å². The lowest BCUT2D eigenvalue weighted by Gasteiger charge is -2.40. The number of amides is 2. The molecule has 1 saturated heterocycles. The summed E-state index contributed by atoms with van der Waals surface area (Å²) in [6.07, 6.45) is 5.06. The summed E-state index contributed by atoms with van der Waals surface area (Å²) in [5.41, 5.74) is 3.28. The Kier molecular flexibility index (Phi) is 4.68. The average Bonchev–Trinajstić information content (AvgIpc) is 3.02. The molecule has 27 heavy (non-hydrogen) atoms. The topological polar surface area (TPSA) is 62.3 Å². The fourth-order valence-corrected chi connectivity index (χ4v) is 4.80. The van der Waals surface area contributed by atoms with Gasteiger partial charge in [-0.15, -0.1) is 0 Å². The predicted octanol–water partition coefficient (Wildman–Crippen LogP) is 2.88. The molecule has 0 bridgehead atoms. The minimum Gasteiger partial charge on any atom is -0.359 e. The normalized spacial score (nSPS) is 20.3. The van der Waals surface area contributed by atoms with Crippen molar-refractivity contribution in [1.82, 2.24) is 15.2 Å². The van der Waals surface area contributed by atoms with Crippen molar-refractivity contribution < 1.29 is 9.59 Å². The van der Waals surface area contributed by atoms with Crippen LogP contribution in [0.4, 0.5) is 0 Å². The number of carbonyl (C=O) groups excluding carboxylic acids is 2. The lowest BCUT2D eigenvalue weighted by atomic mass is 9.73. The first-order valence-electron chi connectivity index (χ1n) is 9.63. The molecule has 0 saturated carbocycles. The Morgan fingerprint density at radius 2 is 1.89 bits per heavy atom. The predicted molar refractivity (Wildman–Crippen MR) is 104 cm³/mol. The fraction of sp³-hybridized carbons (Fsp3) is 0.409. The molecule has 1 aliphatic heterocycles. The standard InChI is InChI=1S/C22H25N3O2/c1-23-20(26)14-16-15-22(18-7-3-2-6-17(16)18)9-12-25(13-10-22)21(27)19-8-4-5-11-24-19/h2-8,11,16H,9-10,12-15H2,1H3,(H,23,26). The summed E-state index contributed by atoms with van der Waals surface area (Å²) in [5.74, 6) is 0.368. The quantitative estimate of drug-likeness (QED) is 0.912. The number of aromatic nitrogens is 1. The molecule has 2 amide bonds. The van der Waals surface area contributed by atoms with Gasteiger partial charge in [0.2, 0.25) is 5.91 Å². The van der Waals surface area contributed by atoms with E-state index in [4.69, 9.17) is 0 Å². The zero-order valence-corrected chi connectivity index (χ0v) is 15.6. The third-order valence-electron chi connectivity index (χ3n) is 6.21. The maximum Gasteiger partial charge on any atom is 0.272 e. The number of fused-ring (bicyclic) bond motifs is 2. The second-order valence-electron chi connectivity index (χ2n) is 7.65. The summed E-state index contributed by atoms with van der Waals surface area (Å²) in [6.45, 7) is 1.47. The van der Waals surface area contributed by atoms with E-state index in [1.807, 2.05) is 17.0 Å². The van der Waals surface area contributed by atoms with Crippen LogP contribution < -0.4 is 5.32 Å². The second kappa shape index (κ2) is 7.14. The summed E-state index contributed by atoms with van der Waals surface area (Å²) in [6, 6.07) is 14.0. The largest absolute Gasteiger partial charge is 0.359 e. The van der Waals surface area contributed by atoms with Crippen molar-refractivity contribution in [3.63, 3.8) is 0 Å². The maximum absolute atomic E-state index is 12.7. The molecule has 0 radical (unpaired) electrons.